The van der Waals surface area contributed by atoms with Crippen molar-refractivity contribution in [3.05, 3.63) is 59.7 Å². The number of ether oxygens (including phenoxy) is 2. The first-order chi connectivity index (χ1) is 14.5. The van der Waals surface area contributed by atoms with Gasteiger partial charge >= 0.3 is 0 Å². The summed E-state index contributed by atoms with van der Waals surface area (Å²) in [5.41, 5.74) is 2.17. The molecule has 172 valence electrons. The molecule has 2 rings (SSSR count). The molecular weight excluding hydrogens is 404 g/mol. The minimum atomic E-state index is -2.03. The van der Waals surface area contributed by atoms with Crippen LogP contribution in [-0.2, 0) is 11.0 Å². The summed E-state index contributed by atoms with van der Waals surface area (Å²) in [5.74, 6) is 1.68. The van der Waals surface area contributed by atoms with Gasteiger partial charge in [0.15, 0.2) is 19.8 Å². The zero-order valence-electron chi connectivity index (χ0n) is 20.4. The zero-order valence-corrected chi connectivity index (χ0v) is 21.4. The topological polar surface area (TPSA) is 47.9 Å². The smallest absolute Gasteiger partial charge is 0.192 e. The zero-order chi connectivity index (χ0) is 23.2. The maximum atomic E-state index is 9.79. The minimum Gasteiger partial charge on any atom is -0.493 e. The van der Waals surface area contributed by atoms with E-state index in [1.165, 1.54) is 0 Å². The van der Waals surface area contributed by atoms with Gasteiger partial charge in [-0.25, -0.2) is 0 Å². The molecule has 4 nitrogen and oxygen atoms in total. The van der Waals surface area contributed by atoms with E-state index in [1.54, 1.807) is 7.11 Å². The van der Waals surface area contributed by atoms with Gasteiger partial charge in [-0.1, -0.05) is 71.0 Å². The number of benzene rings is 2. The van der Waals surface area contributed by atoms with Crippen LogP contribution in [0.2, 0.25) is 18.1 Å². The summed E-state index contributed by atoms with van der Waals surface area (Å²) in [7, 11) is -0.362. The molecule has 0 fully saturated rings. The normalized spacial score (nSPS) is 15.3. The number of aliphatic hydroxyl groups excluding tert-OH is 1. The van der Waals surface area contributed by atoms with Gasteiger partial charge in [0, 0.05) is 6.61 Å². The lowest BCUT2D eigenvalue weighted by Crippen LogP contribution is -2.43. The molecule has 0 spiro atoms. The van der Waals surface area contributed by atoms with Gasteiger partial charge in [0.25, 0.3) is 0 Å². The van der Waals surface area contributed by atoms with E-state index in [0.29, 0.717) is 18.1 Å². The molecule has 0 radical (unpaired) electrons. The number of aliphatic hydroxyl groups is 1. The van der Waals surface area contributed by atoms with E-state index in [1.807, 2.05) is 42.5 Å². The molecule has 0 aliphatic carbocycles. The van der Waals surface area contributed by atoms with Crippen molar-refractivity contribution in [2.45, 2.75) is 65.5 Å². The fraction of sp³-hybridized carbons (Fsp3) is 0.538. The van der Waals surface area contributed by atoms with Gasteiger partial charge in [0.1, 0.15) is 6.61 Å². The maximum absolute atomic E-state index is 9.79. The third-order valence-corrected chi connectivity index (χ3v) is 11.1. The molecule has 0 saturated heterocycles. The maximum Gasteiger partial charge on any atom is 0.192 e. The van der Waals surface area contributed by atoms with E-state index in [4.69, 9.17) is 13.9 Å². The third kappa shape index (κ3) is 6.58. The monoisotopic (exact) mass is 444 g/mol. The number of hydrogen-bond donors (Lipinski definition) is 1. The molecule has 31 heavy (non-hydrogen) atoms. The molecule has 0 aliphatic rings. The fourth-order valence-electron chi connectivity index (χ4n) is 3.15. The Labute approximate surface area is 189 Å². The molecule has 0 unspecified atom stereocenters. The second-order valence-corrected chi connectivity index (χ2v) is 14.8. The van der Waals surface area contributed by atoms with Gasteiger partial charge in [0.2, 0.25) is 0 Å². The van der Waals surface area contributed by atoms with E-state index in [9.17, 15) is 5.11 Å². The third-order valence-electron chi connectivity index (χ3n) is 6.64. The van der Waals surface area contributed by atoms with Crippen LogP contribution in [0.5, 0.6) is 11.5 Å². The highest BCUT2D eigenvalue weighted by molar-refractivity contribution is 6.74. The fourth-order valence-corrected chi connectivity index (χ4v) is 4.49. The van der Waals surface area contributed by atoms with Crippen molar-refractivity contribution in [3.63, 3.8) is 0 Å². The van der Waals surface area contributed by atoms with Crippen molar-refractivity contribution in [2.24, 2.45) is 11.8 Å². The summed E-state index contributed by atoms with van der Waals surface area (Å²) in [6.45, 7) is 16.1. The van der Waals surface area contributed by atoms with Gasteiger partial charge in [-0.2, -0.15) is 0 Å². The summed E-state index contributed by atoms with van der Waals surface area (Å²) in [4.78, 5) is 0. The molecule has 2 aromatic rings. The quantitative estimate of drug-likeness (QED) is 0.419. The Morgan fingerprint density at radius 2 is 1.61 bits per heavy atom. The molecule has 3 atom stereocenters. The molecular formula is C26H40O4Si. The van der Waals surface area contributed by atoms with Gasteiger partial charge in [0.05, 0.1) is 13.2 Å². The second-order valence-electron chi connectivity index (χ2n) is 10.0. The molecule has 0 bridgehead atoms. The first-order valence-electron chi connectivity index (χ1n) is 11.1. The summed E-state index contributed by atoms with van der Waals surface area (Å²) in [5, 5.41) is 9.89. The van der Waals surface area contributed by atoms with Crippen LogP contribution in [0.4, 0.5) is 0 Å². The molecule has 0 saturated carbocycles. The molecule has 5 heteroatoms. The molecule has 2 aromatic carbocycles. The predicted molar refractivity (Wildman–Crippen MR) is 130 cm³/mol. The summed E-state index contributed by atoms with van der Waals surface area (Å²) in [6.07, 6.45) is -0.125. The lowest BCUT2D eigenvalue weighted by Gasteiger charge is -2.42. The Morgan fingerprint density at radius 3 is 2.16 bits per heavy atom. The molecule has 0 aliphatic heterocycles. The number of hydrogen-bond acceptors (Lipinski definition) is 4. The summed E-state index contributed by atoms with van der Waals surface area (Å²) >= 11 is 0. The van der Waals surface area contributed by atoms with E-state index >= 15 is 0 Å². The Balaban J connectivity index is 2.34. The summed E-state index contributed by atoms with van der Waals surface area (Å²) in [6, 6.07) is 16.2. The van der Waals surface area contributed by atoms with E-state index in [2.05, 4.69) is 53.8 Å². The lowest BCUT2D eigenvalue weighted by molar-refractivity contribution is 0.0718. The number of rotatable bonds is 10. The molecule has 1 N–H and O–H groups in total. The first kappa shape index (κ1) is 25.4. The van der Waals surface area contributed by atoms with Crippen molar-refractivity contribution in [2.75, 3.05) is 13.7 Å². The van der Waals surface area contributed by atoms with Gasteiger partial charge in [-0.15, -0.1) is 0 Å². The average molecular weight is 445 g/mol. The Kier molecular flexibility index (Phi) is 8.75. The Hall–Kier alpha value is -1.82. The van der Waals surface area contributed by atoms with Crippen LogP contribution in [0.15, 0.2) is 48.5 Å². The van der Waals surface area contributed by atoms with Crippen LogP contribution >= 0.6 is 0 Å². The molecule has 0 amide bonds. The second kappa shape index (κ2) is 10.7. The Bertz CT molecular complexity index is 814. The van der Waals surface area contributed by atoms with Crippen molar-refractivity contribution >= 4 is 8.32 Å². The highest BCUT2D eigenvalue weighted by Crippen LogP contribution is 2.44. The highest BCUT2D eigenvalue weighted by Gasteiger charge is 2.41. The van der Waals surface area contributed by atoms with Crippen LogP contribution in [0.1, 0.15) is 51.8 Å². The van der Waals surface area contributed by atoms with Gasteiger partial charge < -0.3 is 19.0 Å². The lowest BCUT2D eigenvalue weighted by atomic mass is 9.87. The van der Waals surface area contributed by atoms with Crippen molar-refractivity contribution in [1.82, 2.24) is 0 Å². The van der Waals surface area contributed by atoms with E-state index in [-0.39, 0.29) is 29.6 Å². The standard InChI is InChI=1S/C26H40O4Si/c1-19(17-27)20(2)25(30-31(7,8)26(3,4)5)22-14-15-23(24(16-22)28-6)29-18-21-12-10-9-11-13-21/h9-16,19-20,25,27H,17-18H2,1-8H3/t19-,20-,25+/m1/s1. The summed E-state index contributed by atoms with van der Waals surface area (Å²) < 4.78 is 18.6. The largest absolute Gasteiger partial charge is 0.493 e. The average Bonchev–Trinajstić information content (AvgIpc) is 2.74. The SMILES string of the molecule is COc1cc([C@@H](O[Si](C)(C)C(C)(C)C)[C@H](C)[C@H](C)CO)ccc1OCc1ccccc1. The highest BCUT2D eigenvalue weighted by atomic mass is 28.4. The minimum absolute atomic E-state index is 0.0935. The van der Waals surface area contributed by atoms with Gasteiger partial charge in [-0.05, 0) is 53.2 Å². The van der Waals surface area contributed by atoms with Crippen LogP contribution in [-0.4, -0.2) is 27.1 Å². The molecule has 0 heterocycles. The first-order valence-corrected chi connectivity index (χ1v) is 14.0. The number of methoxy groups -OCH3 is 1. The van der Waals surface area contributed by atoms with E-state index in [0.717, 1.165) is 11.1 Å². The Morgan fingerprint density at radius 1 is 0.968 bits per heavy atom. The van der Waals surface area contributed by atoms with Crippen molar-refractivity contribution in [1.29, 1.82) is 0 Å². The van der Waals surface area contributed by atoms with Crippen molar-refractivity contribution < 1.29 is 19.0 Å². The van der Waals surface area contributed by atoms with Crippen LogP contribution < -0.4 is 9.47 Å². The van der Waals surface area contributed by atoms with Crippen LogP contribution in [0.3, 0.4) is 0 Å². The van der Waals surface area contributed by atoms with Crippen molar-refractivity contribution in [3.8, 4) is 11.5 Å². The van der Waals surface area contributed by atoms with Crippen LogP contribution in [0, 0.1) is 11.8 Å². The van der Waals surface area contributed by atoms with Gasteiger partial charge in [-0.3, -0.25) is 0 Å². The van der Waals surface area contributed by atoms with Crippen LogP contribution in [0.25, 0.3) is 0 Å². The predicted octanol–water partition coefficient (Wildman–Crippen LogP) is 6.60. The molecule has 0 aromatic heterocycles. The van der Waals surface area contributed by atoms with E-state index < -0.39 is 8.32 Å².